The molecule has 1 amide bonds. The first-order chi connectivity index (χ1) is 9.58. The van der Waals surface area contributed by atoms with E-state index in [-0.39, 0.29) is 24.7 Å². The van der Waals surface area contributed by atoms with Gasteiger partial charge in [0.2, 0.25) is 0 Å². The summed E-state index contributed by atoms with van der Waals surface area (Å²) < 4.78 is 5.27. The molecule has 5 nitrogen and oxygen atoms in total. The minimum absolute atomic E-state index is 0.104. The van der Waals surface area contributed by atoms with Crippen molar-refractivity contribution in [2.24, 2.45) is 5.92 Å². The summed E-state index contributed by atoms with van der Waals surface area (Å²) in [6.07, 6.45) is 0.598. The number of hydrogen-bond acceptors (Lipinski definition) is 3. The zero-order valence-corrected chi connectivity index (χ0v) is 11.5. The normalized spacial score (nSPS) is 22.4. The molecule has 0 aromatic heterocycles. The van der Waals surface area contributed by atoms with Crippen LogP contribution in [0.4, 0.5) is 4.79 Å². The van der Waals surface area contributed by atoms with Crippen molar-refractivity contribution >= 4 is 12.1 Å². The van der Waals surface area contributed by atoms with Crippen molar-refractivity contribution in [2.75, 3.05) is 6.54 Å². The first-order valence-corrected chi connectivity index (χ1v) is 6.78. The van der Waals surface area contributed by atoms with Crippen LogP contribution in [-0.4, -0.2) is 34.7 Å². The Kier molecular flexibility index (Phi) is 4.61. The summed E-state index contributed by atoms with van der Waals surface area (Å²) in [5.74, 6) is -1.14. The summed E-state index contributed by atoms with van der Waals surface area (Å²) in [6, 6.07) is 9.38. The largest absolute Gasteiger partial charge is 0.481 e. The number of likely N-dealkylation sites (tertiary alicyclic amines) is 1. The summed E-state index contributed by atoms with van der Waals surface area (Å²) in [4.78, 5) is 24.6. The number of carbonyl (C=O) groups is 2. The first-order valence-electron chi connectivity index (χ1n) is 6.78. The van der Waals surface area contributed by atoms with Crippen LogP contribution in [0.2, 0.25) is 0 Å². The van der Waals surface area contributed by atoms with E-state index in [4.69, 9.17) is 9.84 Å². The fourth-order valence-corrected chi connectivity index (χ4v) is 2.47. The monoisotopic (exact) mass is 277 g/mol. The predicted octanol–water partition coefficient (Wildman–Crippen LogP) is 2.51. The second kappa shape index (κ2) is 6.41. The molecule has 0 spiro atoms. The Morgan fingerprint density at radius 2 is 2.05 bits per heavy atom. The molecule has 2 unspecified atom stereocenters. The molecular formula is C15H19NO4. The van der Waals surface area contributed by atoms with Gasteiger partial charge in [0.1, 0.15) is 6.61 Å². The highest BCUT2D eigenvalue weighted by molar-refractivity contribution is 5.72. The number of carboxylic acids is 1. The molecule has 2 rings (SSSR count). The lowest BCUT2D eigenvalue weighted by molar-refractivity contribution is -0.143. The average molecular weight is 277 g/mol. The predicted molar refractivity (Wildman–Crippen MR) is 73.2 cm³/mol. The third-order valence-electron chi connectivity index (χ3n) is 3.67. The molecule has 1 aromatic rings. The lowest BCUT2D eigenvalue weighted by Gasteiger charge is -2.35. The molecule has 1 heterocycles. The van der Waals surface area contributed by atoms with Crippen molar-refractivity contribution in [3.63, 3.8) is 0 Å². The van der Waals surface area contributed by atoms with E-state index in [2.05, 4.69) is 0 Å². The standard InChI is InChI=1S/C15H19NO4/c1-11-9-13(14(17)18)7-8-16(11)15(19)20-10-12-5-3-2-4-6-12/h2-6,11,13H,7-10H2,1H3,(H,17,18). The highest BCUT2D eigenvalue weighted by Crippen LogP contribution is 2.23. The Hall–Kier alpha value is -2.04. The van der Waals surface area contributed by atoms with Crippen LogP contribution in [0.1, 0.15) is 25.3 Å². The minimum atomic E-state index is -0.783. The molecule has 1 fully saturated rings. The topological polar surface area (TPSA) is 66.8 Å². The van der Waals surface area contributed by atoms with E-state index in [0.29, 0.717) is 19.4 Å². The number of ether oxygens (including phenoxy) is 1. The number of rotatable bonds is 3. The molecule has 1 aliphatic heterocycles. The molecule has 2 atom stereocenters. The van der Waals surface area contributed by atoms with Crippen molar-refractivity contribution in [3.05, 3.63) is 35.9 Å². The van der Waals surface area contributed by atoms with Gasteiger partial charge in [-0.3, -0.25) is 4.79 Å². The van der Waals surface area contributed by atoms with Gasteiger partial charge in [0.15, 0.2) is 0 Å². The Labute approximate surface area is 118 Å². The zero-order valence-electron chi connectivity index (χ0n) is 11.5. The molecule has 0 aliphatic carbocycles. The first kappa shape index (κ1) is 14.4. The van der Waals surface area contributed by atoms with Crippen LogP contribution in [0.15, 0.2) is 30.3 Å². The average Bonchev–Trinajstić information content (AvgIpc) is 2.45. The quantitative estimate of drug-likeness (QED) is 0.921. The molecule has 5 heteroatoms. The van der Waals surface area contributed by atoms with E-state index < -0.39 is 5.97 Å². The summed E-state index contributed by atoms with van der Waals surface area (Å²) in [5, 5.41) is 9.00. The van der Waals surface area contributed by atoms with Gasteiger partial charge in [-0.25, -0.2) is 4.79 Å². The fourth-order valence-electron chi connectivity index (χ4n) is 2.47. The van der Waals surface area contributed by atoms with Crippen molar-refractivity contribution in [1.29, 1.82) is 0 Å². The van der Waals surface area contributed by atoms with E-state index in [9.17, 15) is 9.59 Å². The van der Waals surface area contributed by atoms with Crippen molar-refractivity contribution < 1.29 is 19.4 Å². The molecular weight excluding hydrogens is 258 g/mol. The lowest BCUT2D eigenvalue weighted by atomic mass is 9.92. The second-order valence-corrected chi connectivity index (χ2v) is 5.14. The second-order valence-electron chi connectivity index (χ2n) is 5.14. The highest BCUT2D eigenvalue weighted by Gasteiger charge is 2.32. The number of carboxylic acid groups (broad SMARTS) is 1. The van der Waals surface area contributed by atoms with Gasteiger partial charge in [-0.15, -0.1) is 0 Å². The van der Waals surface area contributed by atoms with E-state index >= 15 is 0 Å². The van der Waals surface area contributed by atoms with Gasteiger partial charge < -0.3 is 14.7 Å². The molecule has 108 valence electrons. The van der Waals surface area contributed by atoms with Crippen LogP contribution in [0.5, 0.6) is 0 Å². The van der Waals surface area contributed by atoms with E-state index in [1.54, 1.807) is 4.90 Å². The van der Waals surface area contributed by atoms with E-state index in [1.807, 2.05) is 37.3 Å². The number of nitrogens with zero attached hydrogens (tertiary/aromatic N) is 1. The maximum Gasteiger partial charge on any atom is 0.410 e. The van der Waals surface area contributed by atoms with Crippen LogP contribution >= 0.6 is 0 Å². The van der Waals surface area contributed by atoms with Crippen LogP contribution in [0, 0.1) is 5.92 Å². The van der Waals surface area contributed by atoms with Gasteiger partial charge in [-0.1, -0.05) is 30.3 Å². The summed E-state index contributed by atoms with van der Waals surface area (Å²) in [6.45, 7) is 2.54. The lowest BCUT2D eigenvalue weighted by Crippen LogP contribution is -2.46. The third-order valence-corrected chi connectivity index (χ3v) is 3.67. The molecule has 1 aliphatic rings. The minimum Gasteiger partial charge on any atom is -0.481 e. The van der Waals surface area contributed by atoms with Gasteiger partial charge in [0.05, 0.1) is 5.92 Å². The van der Waals surface area contributed by atoms with Crippen LogP contribution in [0.25, 0.3) is 0 Å². The van der Waals surface area contributed by atoms with E-state index in [1.165, 1.54) is 0 Å². The van der Waals surface area contributed by atoms with Crippen molar-refractivity contribution in [2.45, 2.75) is 32.4 Å². The van der Waals surface area contributed by atoms with Gasteiger partial charge in [-0.2, -0.15) is 0 Å². The van der Waals surface area contributed by atoms with Crippen molar-refractivity contribution in [1.82, 2.24) is 4.90 Å². The molecule has 0 saturated carbocycles. The molecule has 20 heavy (non-hydrogen) atoms. The van der Waals surface area contributed by atoms with Gasteiger partial charge >= 0.3 is 12.1 Å². The Bertz CT molecular complexity index is 474. The SMILES string of the molecule is CC1CC(C(=O)O)CCN1C(=O)OCc1ccccc1. The molecule has 1 N–H and O–H groups in total. The third kappa shape index (κ3) is 3.50. The number of carbonyl (C=O) groups excluding carboxylic acids is 1. The summed E-state index contributed by atoms with van der Waals surface area (Å²) in [5.41, 5.74) is 0.939. The fraction of sp³-hybridized carbons (Fsp3) is 0.467. The molecule has 0 radical (unpaired) electrons. The summed E-state index contributed by atoms with van der Waals surface area (Å²) in [7, 11) is 0. The Morgan fingerprint density at radius 1 is 1.35 bits per heavy atom. The van der Waals surface area contributed by atoms with Crippen LogP contribution in [0.3, 0.4) is 0 Å². The number of hydrogen-bond donors (Lipinski definition) is 1. The summed E-state index contributed by atoms with van der Waals surface area (Å²) >= 11 is 0. The Morgan fingerprint density at radius 3 is 2.65 bits per heavy atom. The Balaban J connectivity index is 1.85. The zero-order chi connectivity index (χ0) is 14.5. The molecule has 1 saturated heterocycles. The smallest absolute Gasteiger partial charge is 0.410 e. The maximum absolute atomic E-state index is 12.0. The van der Waals surface area contributed by atoms with Gasteiger partial charge in [0, 0.05) is 12.6 Å². The molecule has 0 bridgehead atoms. The van der Waals surface area contributed by atoms with Gasteiger partial charge in [0.25, 0.3) is 0 Å². The highest BCUT2D eigenvalue weighted by atomic mass is 16.6. The van der Waals surface area contributed by atoms with Crippen LogP contribution < -0.4 is 0 Å². The van der Waals surface area contributed by atoms with Gasteiger partial charge in [-0.05, 0) is 25.3 Å². The molecule has 1 aromatic carbocycles. The maximum atomic E-state index is 12.0. The number of amides is 1. The van der Waals surface area contributed by atoms with Crippen molar-refractivity contribution in [3.8, 4) is 0 Å². The number of benzene rings is 1. The van der Waals surface area contributed by atoms with Crippen LogP contribution in [-0.2, 0) is 16.1 Å². The number of piperidine rings is 1. The number of aliphatic carboxylic acids is 1. The van der Waals surface area contributed by atoms with E-state index in [0.717, 1.165) is 5.56 Å².